The molecule has 0 unspecified atom stereocenters. The molecule has 0 aromatic carbocycles. The molecule has 0 aliphatic heterocycles. The number of halogens is 1. The largest absolute Gasteiger partial charge is 0.358 e. The second-order valence-electron chi connectivity index (χ2n) is 2.50. The van der Waals surface area contributed by atoms with Crippen molar-refractivity contribution in [2.75, 3.05) is 7.05 Å². The van der Waals surface area contributed by atoms with Crippen LogP contribution in [0.25, 0.3) is 0 Å². The van der Waals surface area contributed by atoms with Crippen LogP contribution in [0.1, 0.15) is 0 Å². The van der Waals surface area contributed by atoms with Crippen LogP contribution >= 0.6 is 10.7 Å². The summed E-state index contributed by atoms with van der Waals surface area (Å²) < 4.78 is 22.9. The maximum atomic E-state index is 10.9. The average molecular weight is 238 g/mol. The molecular formula is C6H8ClN3O3S. The Hall–Kier alpha value is -1.08. The predicted molar refractivity (Wildman–Crippen MR) is 49.3 cm³/mol. The lowest BCUT2D eigenvalue weighted by Gasteiger charge is -1.98. The number of nitrogens with one attached hydrogen (secondary N) is 1. The van der Waals surface area contributed by atoms with E-state index in [9.17, 15) is 13.2 Å². The zero-order valence-corrected chi connectivity index (χ0v) is 8.84. The Morgan fingerprint density at radius 1 is 1.71 bits per heavy atom. The van der Waals surface area contributed by atoms with Crippen LogP contribution in [-0.2, 0) is 20.4 Å². The van der Waals surface area contributed by atoms with Gasteiger partial charge in [-0.2, -0.15) is 0 Å². The monoisotopic (exact) mass is 237 g/mol. The Morgan fingerprint density at radius 3 is 2.79 bits per heavy atom. The van der Waals surface area contributed by atoms with Crippen molar-refractivity contribution in [1.82, 2.24) is 14.9 Å². The van der Waals surface area contributed by atoms with Crippen molar-refractivity contribution in [2.24, 2.45) is 0 Å². The molecule has 0 spiro atoms. The molecule has 1 rings (SSSR count). The first kappa shape index (κ1) is 11.0. The molecule has 0 aliphatic rings. The minimum Gasteiger partial charge on any atom is -0.358 e. The highest BCUT2D eigenvalue weighted by molar-refractivity contribution is 8.13. The summed E-state index contributed by atoms with van der Waals surface area (Å²) in [6, 6.07) is 0. The van der Waals surface area contributed by atoms with Crippen LogP contribution in [0.3, 0.4) is 0 Å². The molecule has 14 heavy (non-hydrogen) atoms. The maximum absolute atomic E-state index is 10.9. The second-order valence-corrected chi connectivity index (χ2v) is 5.01. The van der Waals surface area contributed by atoms with Gasteiger partial charge >= 0.3 is 0 Å². The molecule has 0 fully saturated rings. The highest BCUT2D eigenvalue weighted by Crippen LogP contribution is 2.10. The Morgan fingerprint density at radius 2 is 2.36 bits per heavy atom. The summed E-state index contributed by atoms with van der Waals surface area (Å²) in [4.78, 5) is 14.4. The van der Waals surface area contributed by atoms with Gasteiger partial charge in [0.05, 0.1) is 6.33 Å². The van der Waals surface area contributed by atoms with E-state index in [1.807, 2.05) is 0 Å². The Balaban J connectivity index is 2.84. The molecule has 0 saturated heterocycles. The van der Waals surface area contributed by atoms with E-state index in [-0.39, 0.29) is 17.5 Å². The third kappa shape index (κ3) is 2.71. The van der Waals surface area contributed by atoms with E-state index < -0.39 is 9.05 Å². The number of hydrogen-bond acceptors (Lipinski definition) is 4. The number of likely N-dealkylation sites (N-methyl/N-ethyl adjacent to an activating group) is 1. The summed E-state index contributed by atoms with van der Waals surface area (Å²) in [7, 11) is 2.71. The summed E-state index contributed by atoms with van der Waals surface area (Å²) in [5, 5.41) is 2.13. The van der Waals surface area contributed by atoms with Gasteiger partial charge in [-0.3, -0.25) is 4.79 Å². The van der Waals surface area contributed by atoms with E-state index in [1.165, 1.54) is 24.1 Å². The van der Waals surface area contributed by atoms with Gasteiger partial charge in [0, 0.05) is 23.9 Å². The Bertz CT molecular complexity index is 439. The molecule has 0 atom stereocenters. The lowest BCUT2D eigenvalue weighted by Crippen LogP contribution is -2.22. The Kier molecular flexibility index (Phi) is 3.12. The van der Waals surface area contributed by atoms with Crippen molar-refractivity contribution >= 4 is 25.6 Å². The van der Waals surface area contributed by atoms with Crippen molar-refractivity contribution < 1.29 is 13.2 Å². The summed E-state index contributed by atoms with van der Waals surface area (Å²) in [5.41, 5.74) is 0. The van der Waals surface area contributed by atoms with E-state index in [4.69, 9.17) is 10.7 Å². The molecule has 1 aromatic rings. The molecule has 8 heteroatoms. The van der Waals surface area contributed by atoms with Crippen LogP contribution < -0.4 is 5.32 Å². The number of rotatable bonds is 3. The van der Waals surface area contributed by atoms with Gasteiger partial charge in [0.25, 0.3) is 9.05 Å². The first-order valence-electron chi connectivity index (χ1n) is 3.60. The van der Waals surface area contributed by atoms with E-state index >= 15 is 0 Å². The molecule has 1 N–H and O–H groups in total. The summed E-state index contributed by atoms with van der Waals surface area (Å²) in [5.74, 6) is -0.249. The van der Waals surface area contributed by atoms with Gasteiger partial charge in [-0.25, -0.2) is 13.4 Å². The fourth-order valence-corrected chi connectivity index (χ4v) is 1.47. The highest BCUT2D eigenvalue weighted by atomic mass is 35.7. The lowest BCUT2D eigenvalue weighted by atomic mass is 10.6. The first-order chi connectivity index (χ1) is 6.43. The molecule has 0 saturated carbocycles. The quantitative estimate of drug-likeness (QED) is 0.723. The number of carbonyl (C=O) groups excluding carboxylic acids is 1. The maximum Gasteiger partial charge on any atom is 0.280 e. The molecular weight excluding hydrogens is 230 g/mol. The van der Waals surface area contributed by atoms with E-state index in [2.05, 4.69) is 10.3 Å². The zero-order valence-electron chi connectivity index (χ0n) is 7.27. The van der Waals surface area contributed by atoms with Crippen LogP contribution in [0.5, 0.6) is 0 Å². The predicted octanol–water partition coefficient (Wildman–Crippen LogP) is -0.443. The van der Waals surface area contributed by atoms with E-state index in [1.54, 1.807) is 0 Å². The zero-order chi connectivity index (χ0) is 10.8. The number of nitrogens with zero attached hydrogens (tertiary/aromatic N) is 2. The van der Waals surface area contributed by atoms with Gasteiger partial charge in [0.15, 0.2) is 5.03 Å². The number of hydrogen-bond donors (Lipinski definition) is 1. The van der Waals surface area contributed by atoms with Crippen LogP contribution in [-0.4, -0.2) is 30.9 Å². The minimum absolute atomic E-state index is 0.00983. The fraction of sp³-hybridized carbons (Fsp3) is 0.333. The molecule has 1 heterocycles. The summed E-state index contributed by atoms with van der Waals surface area (Å²) in [6.45, 7) is 0.00983. The third-order valence-electron chi connectivity index (χ3n) is 1.46. The molecule has 1 amide bonds. The highest BCUT2D eigenvalue weighted by Gasteiger charge is 2.13. The summed E-state index contributed by atoms with van der Waals surface area (Å²) in [6.07, 6.45) is 2.42. The van der Waals surface area contributed by atoms with Gasteiger partial charge in [0.2, 0.25) is 5.91 Å². The van der Waals surface area contributed by atoms with E-state index in [0.29, 0.717) is 0 Å². The van der Waals surface area contributed by atoms with Crippen molar-refractivity contribution in [2.45, 2.75) is 11.6 Å². The molecule has 0 radical (unpaired) electrons. The fourth-order valence-electron chi connectivity index (χ4n) is 0.797. The second kappa shape index (κ2) is 3.97. The molecule has 6 nitrogen and oxygen atoms in total. The van der Waals surface area contributed by atoms with Crippen molar-refractivity contribution in [3.8, 4) is 0 Å². The normalized spacial score (nSPS) is 11.3. The van der Waals surface area contributed by atoms with Gasteiger partial charge in [0.1, 0.15) is 6.54 Å². The first-order valence-corrected chi connectivity index (χ1v) is 5.91. The topological polar surface area (TPSA) is 81.1 Å². The average Bonchev–Trinajstić information content (AvgIpc) is 2.51. The molecule has 0 bridgehead atoms. The van der Waals surface area contributed by atoms with Crippen molar-refractivity contribution in [1.29, 1.82) is 0 Å². The van der Waals surface area contributed by atoms with Crippen LogP contribution in [0.4, 0.5) is 0 Å². The van der Waals surface area contributed by atoms with Gasteiger partial charge < -0.3 is 9.88 Å². The molecule has 1 aromatic heterocycles. The Labute approximate surface area is 85.3 Å². The smallest absolute Gasteiger partial charge is 0.280 e. The standard InChI is InChI=1S/C6H8ClN3O3S/c1-8-5(11)2-10-3-6(9-4-10)14(7,12)13/h3-4H,2H2,1H3,(H,8,11). The number of imidazole rings is 1. The molecule has 78 valence electrons. The van der Waals surface area contributed by atoms with Gasteiger partial charge in [-0.05, 0) is 0 Å². The van der Waals surface area contributed by atoms with Crippen LogP contribution in [0.15, 0.2) is 17.6 Å². The van der Waals surface area contributed by atoms with E-state index in [0.717, 1.165) is 0 Å². The van der Waals surface area contributed by atoms with Gasteiger partial charge in [-0.15, -0.1) is 0 Å². The third-order valence-corrected chi connectivity index (χ3v) is 2.65. The number of amides is 1. The number of carbonyl (C=O) groups is 1. The number of aromatic nitrogens is 2. The lowest BCUT2D eigenvalue weighted by molar-refractivity contribution is -0.121. The molecule has 0 aliphatic carbocycles. The van der Waals surface area contributed by atoms with Crippen LogP contribution in [0, 0.1) is 0 Å². The van der Waals surface area contributed by atoms with Crippen LogP contribution in [0.2, 0.25) is 0 Å². The van der Waals surface area contributed by atoms with Crippen molar-refractivity contribution in [3.05, 3.63) is 12.5 Å². The minimum atomic E-state index is -3.82. The SMILES string of the molecule is CNC(=O)Cn1cnc(S(=O)(=O)Cl)c1. The van der Waals surface area contributed by atoms with Crippen molar-refractivity contribution in [3.63, 3.8) is 0 Å². The summed E-state index contributed by atoms with van der Waals surface area (Å²) >= 11 is 0. The van der Waals surface area contributed by atoms with Gasteiger partial charge in [-0.1, -0.05) is 0 Å².